The van der Waals surface area contributed by atoms with Crippen LogP contribution in [0.2, 0.25) is 0 Å². The molecule has 2 fully saturated rings. The maximum absolute atomic E-state index is 11.3. The third-order valence-corrected chi connectivity index (χ3v) is 8.81. The quantitative estimate of drug-likeness (QED) is 0.528. The minimum absolute atomic E-state index is 0.255. The van der Waals surface area contributed by atoms with Gasteiger partial charge in [0.1, 0.15) is 0 Å². The van der Waals surface area contributed by atoms with Gasteiger partial charge < -0.3 is 14.6 Å². The highest BCUT2D eigenvalue weighted by Gasteiger charge is 2.53. The van der Waals surface area contributed by atoms with Gasteiger partial charge in [0.05, 0.1) is 12.7 Å². The number of ether oxygens (including phenoxy) is 2. The summed E-state index contributed by atoms with van der Waals surface area (Å²) < 4.78 is 10.8. The molecule has 6 atom stereocenters. The summed E-state index contributed by atoms with van der Waals surface area (Å²) in [6.07, 6.45) is 11.6. The van der Waals surface area contributed by atoms with Gasteiger partial charge >= 0.3 is 5.97 Å². The fourth-order valence-corrected chi connectivity index (χ4v) is 6.50. The monoisotopic (exact) mass is 400 g/mol. The first-order valence-corrected chi connectivity index (χ1v) is 11.3. The number of esters is 1. The number of hydrogen-bond donors (Lipinski definition) is 1. The lowest BCUT2D eigenvalue weighted by Gasteiger charge is -2.59. The number of cyclic esters (lactones) is 1. The van der Waals surface area contributed by atoms with Crippen molar-refractivity contribution in [3.63, 3.8) is 0 Å². The number of aliphatic hydroxyl groups excluding tert-OH is 1. The van der Waals surface area contributed by atoms with Crippen molar-refractivity contribution in [2.75, 3.05) is 6.61 Å². The third-order valence-electron chi connectivity index (χ3n) is 8.81. The van der Waals surface area contributed by atoms with Gasteiger partial charge in [0, 0.05) is 11.6 Å². The number of allylic oxidation sites excluding steroid dienone is 1. The van der Waals surface area contributed by atoms with Crippen molar-refractivity contribution < 1.29 is 19.4 Å². The minimum Gasteiger partial charge on any atom is -0.429 e. The smallest absolute Gasteiger partial charge is 0.333 e. The van der Waals surface area contributed by atoms with Gasteiger partial charge in [-0.1, -0.05) is 39.0 Å². The highest BCUT2D eigenvalue weighted by atomic mass is 16.6. The summed E-state index contributed by atoms with van der Waals surface area (Å²) in [6.45, 7) is 12.5. The molecule has 0 bridgehead atoms. The molecule has 2 aliphatic heterocycles. The SMILES string of the molecule is C=C1CCC[C@@H]2[C@@](C)(CCC3=CC[C@H](C4=CC(=O)O[C@H]4O)OC3)[C@@H](C)CC[C@@]12C. The molecule has 4 rings (SSSR count). The summed E-state index contributed by atoms with van der Waals surface area (Å²) in [5.41, 5.74) is 4.01. The van der Waals surface area contributed by atoms with Crippen LogP contribution in [-0.2, 0) is 14.3 Å². The number of aliphatic hydroxyl groups is 1. The first kappa shape index (κ1) is 20.9. The van der Waals surface area contributed by atoms with Crippen LogP contribution in [0.25, 0.3) is 0 Å². The van der Waals surface area contributed by atoms with Gasteiger partial charge in [-0.05, 0) is 79.6 Å². The van der Waals surface area contributed by atoms with Gasteiger partial charge in [-0.2, -0.15) is 0 Å². The van der Waals surface area contributed by atoms with E-state index in [9.17, 15) is 9.90 Å². The van der Waals surface area contributed by atoms with Crippen molar-refractivity contribution in [3.05, 3.63) is 35.5 Å². The summed E-state index contributed by atoms with van der Waals surface area (Å²) in [6, 6.07) is 0. The number of hydrogen-bond acceptors (Lipinski definition) is 4. The highest BCUT2D eigenvalue weighted by molar-refractivity contribution is 5.85. The van der Waals surface area contributed by atoms with Crippen molar-refractivity contribution in [3.8, 4) is 0 Å². The van der Waals surface area contributed by atoms with Crippen molar-refractivity contribution >= 4 is 5.97 Å². The Morgan fingerprint density at radius 1 is 1.31 bits per heavy atom. The molecule has 2 saturated carbocycles. The van der Waals surface area contributed by atoms with E-state index in [1.165, 1.54) is 55.7 Å². The van der Waals surface area contributed by atoms with Crippen LogP contribution < -0.4 is 0 Å². The van der Waals surface area contributed by atoms with Gasteiger partial charge in [0.15, 0.2) is 0 Å². The molecule has 160 valence electrons. The largest absolute Gasteiger partial charge is 0.429 e. The van der Waals surface area contributed by atoms with Gasteiger partial charge in [-0.15, -0.1) is 0 Å². The number of carbonyl (C=O) groups is 1. The van der Waals surface area contributed by atoms with Crippen LogP contribution in [0.5, 0.6) is 0 Å². The Hall–Kier alpha value is -1.39. The summed E-state index contributed by atoms with van der Waals surface area (Å²) in [5.74, 6) is 0.966. The van der Waals surface area contributed by atoms with Crippen LogP contribution >= 0.6 is 0 Å². The van der Waals surface area contributed by atoms with E-state index in [4.69, 9.17) is 9.47 Å². The molecule has 0 amide bonds. The standard InChI is InChI=1S/C25H36O4/c1-16-6-5-7-21-24(16,3)12-10-17(2)25(21,4)13-11-18-8-9-20(28-15-18)19-14-22(26)29-23(19)27/h8,14,17,20-21,23,27H,1,5-7,9-13,15H2,2-4H3/t17-,20+,21-,23+,24-,25-/m0/s1. The molecule has 2 aliphatic carbocycles. The van der Waals surface area contributed by atoms with E-state index in [2.05, 4.69) is 33.4 Å². The Labute approximate surface area is 175 Å². The zero-order valence-corrected chi connectivity index (χ0v) is 18.2. The Bertz CT molecular complexity index is 750. The molecule has 0 spiro atoms. The maximum atomic E-state index is 11.3. The third kappa shape index (κ3) is 3.63. The van der Waals surface area contributed by atoms with Gasteiger partial charge in [0.25, 0.3) is 0 Å². The molecule has 4 heteroatoms. The summed E-state index contributed by atoms with van der Waals surface area (Å²) in [4.78, 5) is 11.3. The second-order valence-electron chi connectivity index (χ2n) is 10.2. The summed E-state index contributed by atoms with van der Waals surface area (Å²) >= 11 is 0. The molecule has 0 radical (unpaired) electrons. The summed E-state index contributed by atoms with van der Waals surface area (Å²) in [7, 11) is 0. The number of carbonyl (C=O) groups excluding carboxylic acids is 1. The molecule has 0 aromatic heterocycles. The fraction of sp³-hybridized carbons (Fsp3) is 0.720. The molecular weight excluding hydrogens is 364 g/mol. The average Bonchev–Trinajstić information content (AvgIpc) is 3.04. The van der Waals surface area contributed by atoms with E-state index in [0.717, 1.165) is 18.3 Å². The lowest BCUT2D eigenvalue weighted by atomic mass is 9.46. The fourth-order valence-electron chi connectivity index (χ4n) is 6.50. The zero-order chi connectivity index (χ0) is 20.8. The van der Waals surface area contributed by atoms with Crippen LogP contribution in [0, 0.1) is 22.7 Å². The first-order chi connectivity index (χ1) is 13.7. The Morgan fingerprint density at radius 2 is 2.10 bits per heavy atom. The average molecular weight is 401 g/mol. The summed E-state index contributed by atoms with van der Waals surface area (Å²) in [5, 5.41) is 9.85. The van der Waals surface area contributed by atoms with Crippen LogP contribution in [-0.4, -0.2) is 30.1 Å². The molecule has 0 unspecified atom stereocenters. The van der Waals surface area contributed by atoms with Crippen LogP contribution in [0.1, 0.15) is 72.1 Å². The highest BCUT2D eigenvalue weighted by Crippen LogP contribution is 2.62. The first-order valence-electron chi connectivity index (χ1n) is 11.3. The molecule has 2 heterocycles. The van der Waals surface area contributed by atoms with Crippen LogP contribution in [0.3, 0.4) is 0 Å². The lowest BCUT2D eigenvalue weighted by Crippen LogP contribution is -2.50. The maximum Gasteiger partial charge on any atom is 0.333 e. The Balaban J connectivity index is 1.42. The van der Waals surface area contributed by atoms with E-state index in [-0.39, 0.29) is 6.10 Å². The molecule has 4 nitrogen and oxygen atoms in total. The predicted octanol–water partition coefficient (Wildman–Crippen LogP) is 5.08. The molecule has 4 aliphatic rings. The lowest BCUT2D eigenvalue weighted by molar-refractivity contribution is -0.152. The van der Waals surface area contributed by atoms with Crippen molar-refractivity contribution in [1.29, 1.82) is 0 Å². The van der Waals surface area contributed by atoms with Gasteiger partial charge in [-0.3, -0.25) is 0 Å². The second-order valence-corrected chi connectivity index (χ2v) is 10.2. The number of rotatable bonds is 4. The van der Waals surface area contributed by atoms with Crippen molar-refractivity contribution in [2.45, 2.75) is 84.5 Å². The molecule has 0 aromatic carbocycles. The Kier molecular flexibility index (Phi) is 5.54. The van der Waals surface area contributed by atoms with Crippen LogP contribution in [0.15, 0.2) is 35.5 Å². The van der Waals surface area contributed by atoms with E-state index in [0.29, 0.717) is 29.4 Å². The van der Waals surface area contributed by atoms with E-state index in [1.807, 2.05) is 0 Å². The normalized spacial score (nSPS) is 42.8. The van der Waals surface area contributed by atoms with Crippen molar-refractivity contribution in [1.82, 2.24) is 0 Å². The van der Waals surface area contributed by atoms with E-state index in [1.54, 1.807) is 0 Å². The van der Waals surface area contributed by atoms with Gasteiger partial charge in [-0.25, -0.2) is 4.79 Å². The minimum atomic E-state index is -1.15. The zero-order valence-electron chi connectivity index (χ0n) is 18.2. The van der Waals surface area contributed by atoms with E-state index >= 15 is 0 Å². The van der Waals surface area contributed by atoms with E-state index < -0.39 is 12.3 Å². The topological polar surface area (TPSA) is 55.8 Å². The van der Waals surface area contributed by atoms with Crippen molar-refractivity contribution in [2.24, 2.45) is 22.7 Å². The predicted molar refractivity (Wildman–Crippen MR) is 113 cm³/mol. The molecule has 0 saturated heterocycles. The Morgan fingerprint density at radius 3 is 2.76 bits per heavy atom. The van der Waals surface area contributed by atoms with Gasteiger partial charge in [0.2, 0.25) is 6.29 Å². The number of fused-ring (bicyclic) bond motifs is 1. The molecule has 1 N–H and O–H groups in total. The van der Waals surface area contributed by atoms with Crippen LogP contribution in [0.4, 0.5) is 0 Å². The molecule has 0 aromatic rings. The molecule has 29 heavy (non-hydrogen) atoms. The molecular formula is C25H36O4. The second kappa shape index (κ2) is 7.70.